The normalized spacial score (nSPS) is 23.8. The molecule has 2 saturated carbocycles. The number of carbonyl (C=O) groups excluding carboxylic acids is 2. The number of nitrogens with zero attached hydrogens (tertiary/aromatic N) is 3. The number of nitriles is 1. The monoisotopic (exact) mass is 545 g/mol. The predicted molar refractivity (Wildman–Crippen MR) is 141 cm³/mol. The van der Waals surface area contributed by atoms with E-state index in [0.29, 0.717) is 70.5 Å². The van der Waals surface area contributed by atoms with Gasteiger partial charge in [-0.05, 0) is 67.9 Å². The zero-order valence-corrected chi connectivity index (χ0v) is 21.8. The van der Waals surface area contributed by atoms with Gasteiger partial charge in [0.05, 0.1) is 33.1 Å². The van der Waals surface area contributed by atoms with Gasteiger partial charge in [0, 0.05) is 18.7 Å². The maximum Gasteiger partial charge on any atom is 0.262 e. The Hall–Kier alpha value is -2.64. The number of amides is 2. The molecule has 5 rings (SSSR count). The standard InChI is InChI=1S/C25H25Cl2N5O3S/c26-17-13-16(1-2-18(17)32-10-12-35-11-5-21(32)29-15-28)30-23(34)25(9-8-24(14-25)6-7-24)31-22(33)19-3-4-20(27)36-19/h1-4,13H,5-12,14H2,(H,30,34)(H,31,33)/b29-21-. The van der Waals surface area contributed by atoms with Crippen molar-refractivity contribution in [2.75, 3.05) is 30.0 Å². The van der Waals surface area contributed by atoms with Gasteiger partial charge in [0.1, 0.15) is 11.4 Å². The minimum Gasteiger partial charge on any atom is -0.379 e. The van der Waals surface area contributed by atoms with Gasteiger partial charge >= 0.3 is 0 Å². The van der Waals surface area contributed by atoms with Crippen molar-refractivity contribution in [2.45, 2.75) is 44.1 Å². The fraction of sp³-hybridized carbons (Fsp3) is 0.440. The van der Waals surface area contributed by atoms with E-state index in [-0.39, 0.29) is 17.2 Å². The van der Waals surface area contributed by atoms with Crippen molar-refractivity contribution in [2.24, 2.45) is 10.4 Å². The van der Waals surface area contributed by atoms with Gasteiger partial charge in [-0.25, -0.2) is 0 Å². The molecule has 2 aromatic rings. The summed E-state index contributed by atoms with van der Waals surface area (Å²) < 4.78 is 6.05. The molecule has 1 aromatic heterocycles. The average Bonchev–Trinajstić information content (AvgIpc) is 3.39. The molecule has 1 saturated heterocycles. The maximum atomic E-state index is 13.6. The van der Waals surface area contributed by atoms with Crippen LogP contribution < -0.4 is 15.5 Å². The quantitative estimate of drug-likeness (QED) is 0.500. The third-order valence-corrected chi connectivity index (χ3v) is 8.75. The van der Waals surface area contributed by atoms with E-state index in [1.54, 1.807) is 30.3 Å². The largest absolute Gasteiger partial charge is 0.379 e. The van der Waals surface area contributed by atoms with E-state index in [1.807, 2.05) is 11.1 Å². The van der Waals surface area contributed by atoms with Crippen LogP contribution in [0.4, 0.5) is 11.4 Å². The number of amidine groups is 1. The van der Waals surface area contributed by atoms with E-state index >= 15 is 0 Å². The Bertz CT molecular complexity index is 1270. The number of thiophene rings is 1. The minimum absolute atomic E-state index is 0.143. The van der Waals surface area contributed by atoms with Crippen molar-refractivity contribution in [1.82, 2.24) is 5.32 Å². The molecule has 0 radical (unpaired) electrons. The summed E-state index contributed by atoms with van der Waals surface area (Å²) in [5, 5.41) is 15.5. The lowest BCUT2D eigenvalue weighted by Crippen LogP contribution is -2.55. The average molecular weight is 546 g/mol. The number of benzene rings is 1. The molecule has 3 fully saturated rings. The van der Waals surface area contributed by atoms with Gasteiger partial charge in [-0.3, -0.25) is 9.59 Å². The minimum atomic E-state index is -0.996. The van der Waals surface area contributed by atoms with Gasteiger partial charge in [-0.1, -0.05) is 23.2 Å². The van der Waals surface area contributed by atoms with Crippen molar-refractivity contribution in [3.63, 3.8) is 0 Å². The van der Waals surface area contributed by atoms with E-state index < -0.39 is 5.54 Å². The Morgan fingerprint density at radius 3 is 2.61 bits per heavy atom. The van der Waals surface area contributed by atoms with Gasteiger partial charge in [-0.15, -0.1) is 11.3 Å². The molecule has 1 aromatic carbocycles. The molecule has 2 heterocycles. The molecule has 1 unspecified atom stereocenters. The first-order valence-electron chi connectivity index (χ1n) is 11.8. The molecular weight excluding hydrogens is 521 g/mol. The first-order valence-corrected chi connectivity index (χ1v) is 13.4. The number of anilines is 2. The highest BCUT2D eigenvalue weighted by molar-refractivity contribution is 7.18. The summed E-state index contributed by atoms with van der Waals surface area (Å²) in [6.07, 6.45) is 6.61. The highest BCUT2D eigenvalue weighted by atomic mass is 35.5. The SMILES string of the molecule is N#C/N=C1/CCOCCN1c1ccc(NC(=O)C2(NC(=O)c3ccc(Cl)s3)CCC3(CC3)C2)cc1Cl. The zero-order chi connectivity index (χ0) is 25.3. The molecule has 2 aliphatic carbocycles. The van der Waals surface area contributed by atoms with Gasteiger partial charge in [-0.2, -0.15) is 10.3 Å². The molecular formula is C25H25Cl2N5O3S. The predicted octanol–water partition coefficient (Wildman–Crippen LogP) is 5.23. The van der Waals surface area contributed by atoms with Crippen molar-refractivity contribution in [1.29, 1.82) is 5.26 Å². The van der Waals surface area contributed by atoms with Crippen LogP contribution in [-0.2, 0) is 9.53 Å². The van der Waals surface area contributed by atoms with Crippen LogP contribution in [0.1, 0.15) is 48.2 Å². The van der Waals surface area contributed by atoms with E-state index in [1.165, 1.54) is 11.3 Å². The summed E-state index contributed by atoms with van der Waals surface area (Å²) >= 11 is 13.8. The van der Waals surface area contributed by atoms with Crippen LogP contribution in [0.3, 0.4) is 0 Å². The maximum absolute atomic E-state index is 13.6. The molecule has 1 spiro atoms. The van der Waals surface area contributed by atoms with Crippen molar-refractivity contribution in [3.05, 3.63) is 44.6 Å². The second kappa shape index (κ2) is 10.0. The Morgan fingerprint density at radius 2 is 1.94 bits per heavy atom. The lowest BCUT2D eigenvalue weighted by atomic mass is 9.93. The van der Waals surface area contributed by atoms with Gasteiger partial charge in [0.25, 0.3) is 5.91 Å². The first kappa shape index (κ1) is 25.0. The summed E-state index contributed by atoms with van der Waals surface area (Å²) in [6, 6.07) is 8.60. The fourth-order valence-electron chi connectivity index (χ4n) is 5.14. The van der Waals surface area contributed by atoms with Crippen LogP contribution >= 0.6 is 34.5 Å². The fourth-order valence-corrected chi connectivity index (χ4v) is 6.37. The summed E-state index contributed by atoms with van der Waals surface area (Å²) in [6.45, 7) is 1.48. The second-order valence-corrected chi connectivity index (χ2v) is 11.7. The molecule has 11 heteroatoms. The molecule has 8 nitrogen and oxygen atoms in total. The number of ether oxygens (including phenoxy) is 1. The van der Waals surface area contributed by atoms with Crippen molar-refractivity contribution >= 4 is 63.6 Å². The van der Waals surface area contributed by atoms with E-state index in [0.717, 1.165) is 19.3 Å². The number of hydrogen-bond acceptors (Lipinski definition) is 6. The molecule has 188 valence electrons. The van der Waals surface area contributed by atoms with Gasteiger partial charge in [0.2, 0.25) is 12.1 Å². The zero-order valence-electron chi connectivity index (χ0n) is 19.5. The smallest absolute Gasteiger partial charge is 0.262 e. The summed E-state index contributed by atoms with van der Waals surface area (Å²) in [5.41, 5.74) is 0.363. The third kappa shape index (κ3) is 5.09. The molecule has 3 aliphatic rings. The topological polar surface area (TPSA) is 107 Å². The van der Waals surface area contributed by atoms with Crippen molar-refractivity contribution < 1.29 is 14.3 Å². The van der Waals surface area contributed by atoms with E-state index in [4.69, 9.17) is 33.2 Å². The lowest BCUT2D eigenvalue weighted by molar-refractivity contribution is -0.122. The number of carbonyl (C=O) groups is 2. The van der Waals surface area contributed by atoms with Crippen molar-refractivity contribution in [3.8, 4) is 6.19 Å². The van der Waals surface area contributed by atoms with Crippen LogP contribution in [0.25, 0.3) is 0 Å². The number of rotatable bonds is 5. The number of hydrogen-bond donors (Lipinski definition) is 2. The van der Waals surface area contributed by atoms with Crippen LogP contribution in [0.5, 0.6) is 0 Å². The molecule has 1 atom stereocenters. The Kier molecular flexibility index (Phi) is 6.97. The van der Waals surface area contributed by atoms with E-state index in [9.17, 15) is 9.59 Å². The Morgan fingerprint density at radius 1 is 1.14 bits per heavy atom. The van der Waals surface area contributed by atoms with Crippen LogP contribution in [-0.4, -0.2) is 42.9 Å². The Labute approximate surface area is 223 Å². The summed E-state index contributed by atoms with van der Waals surface area (Å²) in [4.78, 5) is 32.9. The molecule has 0 bridgehead atoms. The van der Waals surface area contributed by atoms with Crippen LogP contribution in [0.2, 0.25) is 9.36 Å². The Balaban J connectivity index is 1.36. The highest BCUT2D eigenvalue weighted by Crippen LogP contribution is 2.61. The number of halogens is 2. The molecule has 36 heavy (non-hydrogen) atoms. The van der Waals surface area contributed by atoms with Gasteiger partial charge in [0.15, 0.2) is 0 Å². The molecule has 1 aliphatic heterocycles. The number of aliphatic imine (C=N–C) groups is 1. The lowest BCUT2D eigenvalue weighted by Gasteiger charge is -2.30. The molecule has 2 N–H and O–H groups in total. The van der Waals surface area contributed by atoms with Crippen LogP contribution in [0.15, 0.2) is 35.3 Å². The van der Waals surface area contributed by atoms with Crippen LogP contribution in [0, 0.1) is 16.9 Å². The summed E-state index contributed by atoms with van der Waals surface area (Å²) in [5.74, 6) is 0.0477. The molecule has 2 amide bonds. The summed E-state index contributed by atoms with van der Waals surface area (Å²) in [7, 11) is 0. The van der Waals surface area contributed by atoms with Gasteiger partial charge < -0.3 is 20.3 Å². The third-order valence-electron chi connectivity index (χ3n) is 7.22. The highest BCUT2D eigenvalue weighted by Gasteiger charge is 2.58. The van der Waals surface area contributed by atoms with E-state index in [2.05, 4.69) is 15.6 Å². The second-order valence-electron chi connectivity index (χ2n) is 9.58. The first-order chi connectivity index (χ1) is 17.3. The number of nitrogens with one attached hydrogen (secondary N) is 2.